The molecule has 0 aliphatic carbocycles. The summed E-state index contributed by atoms with van der Waals surface area (Å²) in [6.45, 7) is 4.81. The maximum Gasteiger partial charge on any atom is 0.472 e. The molecule has 2 unspecified atom stereocenters. The van der Waals surface area contributed by atoms with Gasteiger partial charge in [0.2, 0.25) is 0 Å². The van der Waals surface area contributed by atoms with Crippen molar-refractivity contribution in [3.63, 3.8) is 0 Å². The number of aromatic nitrogens is 2. The molecular weight excluding hydrogens is 832 g/mol. The van der Waals surface area contributed by atoms with Crippen molar-refractivity contribution in [1.29, 1.82) is 0 Å². The molecule has 2 heterocycles. The van der Waals surface area contributed by atoms with Crippen LogP contribution in [-0.4, -0.2) is 121 Å². The zero-order chi connectivity index (χ0) is 44.9. The minimum atomic E-state index is -4.19. The summed E-state index contributed by atoms with van der Waals surface area (Å²) in [4.78, 5) is 63.8. The Morgan fingerprint density at radius 1 is 0.951 bits per heavy atom. The number of hydrogen-bond donors (Lipinski definition) is 2. The fourth-order valence-corrected chi connectivity index (χ4v) is 8.23. The number of ether oxygens (including phenoxy) is 4. The van der Waals surface area contributed by atoms with Crippen LogP contribution in [0, 0.1) is 6.92 Å². The summed E-state index contributed by atoms with van der Waals surface area (Å²) in [5, 5.41) is 3.69. The number of H-pyrrole nitrogens is 1. The maximum atomic E-state index is 12.5. The van der Waals surface area contributed by atoms with Crippen LogP contribution in [-0.2, 0) is 42.1 Å². The summed E-state index contributed by atoms with van der Waals surface area (Å²) in [5.74, 6) is 0.132. The highest BCUT2D eigenvalue weighted by molar-refractivity contribution is 7.99. The number of carbonyl (C=O) groups excluding carboxylic acids is 2. The molecule has 1 saturated heterocycles. The van der Waals surface area contributed by atoms with Gasteiger partial charge < -0.3 is 28.3 Å². The second kappa shape index (κ2) is 31.2. The molecule has 0 aromatic carbocycles. The van der Waals surface area contributed by atoms with Gasteiger partial charge in [0.15, 0.2) is 0 Å². The molecule has 2 N–H and O–H groups in total. The van der Waals surface area contributed by atoms with E-state index in [4.69, 9.17) is 33.5 Å². The molecule has 20 heteroatoms. The third-order valence-corrected chi connectivity index (χ3v) is 12.3. The molecule has 0 spiro atoms. The third-order valence-electron chi connectivity index (χ3n) is 10.1. The number of hydrogen-bond acceptors (Lipinski definition) is 13. The van der Waals surface area contributed by atoms with E-state index in [-0.39, 0.29) is 39.0 Å². The first kappa shape index (κ1) is 54.4. The number of phosphoric ester groups is 1. The first-order chi connectivity index (χ1) is 29.1. The minimum absolute atomic E-state index is 0.0183. The Bertz CT molecular complexity index is 1620. The maximum absolute atomic E-state index is 12.5. The number of likely N-dealkylation sites (N-methyl/N-ethyl adjacent to an activating group) is 1. The van der Waals surface area contributed by atoms with Gasteiger partial charge in [-0.15, -0.1) is 0 Å². The molecule has 5 atom stereocenters. The zero-order valence-electron chi connectivity index (χ0n) is 37.3. The monoisotopic (exact) mass is 905 g/mol. The van der Waals surface area contributed by atoms with Gasteiger partial charge in [0.05, 0.1) is 46.5 Å². The number of nitrogens with zero attached hydrogens (tertiary/aromatic N) is 5. The van der Waals surface area contributed by atoms with Crippen LogP contribution in [0.25, 0.3) is 10.4 Å². The van der Waals surface area contributed by atoms with Gasteiger partial charge in [-0.3, -0.25) is 33.0 Å². The Balaban J connectivity index is 1.61. The normalized spacial score (nSPS) is 18.0. The van der Waals surface area contributed by atoms with E-state index >= 15 is 0 Å². The van der Waals surface area contributed by atoms with Gasteiger partial charge in [-0.05, 0) is 37.5 Å². The van der Waals surface area contributed by atoms with E-state index in [1.165, 1.54) is 75.5 Å². The number of rotatable bonds is 36. The molecule has 0 radical (unpaired) electrons. The largest absolute Gasteiger partial charge is 0.472 e. The van der Waals surface area contributed by atoms with E-state index in [9.17, 15) is 28.6 Å². The summed E-state index contributed by atoms with van der Waals surface area (Å²) in [5.41, 5.74) is 8.06. The lowest BCUT2D eigenvalue weighted by molar-refractivity contribution is -0.870. The molecule has 1 aliphatic rings. The minimum Gasteiger partial charge on any atom is -0.465 e. The van der Waals surface area contributed by atoms with Crippen molar-refractivity contribution >= 4 is 31.5 Å². The predicted molar refractivity (Wildman–Crippen MR) is 235 cm³/mol. The fourth-order valence-electron chi connectivity index (χ4n) is 6.46. The lowest BCUT2D eigenvalue weighted by Crippen LogP contribution is -2.37. The Labute approximate surface area is 365 Å². The van der Waals surface area contributed by atoms with Gasteiger partial charge in [0.25, 0.3) is 5.56 Å². The van der Waals surface area contributed by atoms with Gasteiger partial charge in [0.1, 0.15) is 38.5 Å². The van der Waals surface area contributed by atoms with E-state index in [0.717, 1.165) is 44.3 Å². The third kappa shape index (κ3) is 25.8. The summed E-state index contributed by atoms with van der Waals surface area (Å²) < 4.78 is 47.2. The number of esters is 2. The van der Waals surface area contributed by atoms with E-state index in [1.807, 2.05) is 21.1 Å². The Kier molecular flexibility index (Phi) is 27.8. The Morgan fingerprint density at radius 2 is 1.56 bits per heavy atom. The average Bonchev–Trinajstić information content (AvgIpc) is 3.59. The van der Waals surface area contributed by atoms with Crippen molar-refractivity contribution in [2.75, 3.05) is 72.2 Å². The standard InChI is InChI=1S/C41H73N6O12PS/c1-6-7-8-9-10-11-12-15-18-21-26-61-32-34(30-58-60(52,53)57-25-22-47(3,4)5)54-23-19-16-13-14-17-20-24-55-38(48)28-39(49)56-31-36-35(44-45-42)27-37(59-36)46-29-33(2)40(50)43-41(46)51/h29,34-37H,6-28,30-32H2,1-5H3,(H-,43,50,51,52,53)/p+1/t34?,35-,36+,37+/m0/s1. The molecule has 2 rings (SSSR count). The molecule has 1 aromatic heterocycles. The van der Waals surface area contributed by atoms with Gasteiger partial charge in [-0.25, -0.2) is 9.36 Å². The van der Waals surface area contributed by atoms with Crippen LogP contribution in [0.3, 0.4) is 0 Å². The average molecular weight is 906 g/mol. The van der Waals surface area contributed by atoms with E-state index in [0.29, 0.717) is 35.4 Å². The van der Waals surface area contributed by atoms with Crippen LogP contribution in [0.5, 0.6) is 0 Å². The van der Waals surface area contributed by atoms with Crippen LogP contribution < -0.4 is 11.2 Å². The van der Waals surface area contributed by atoms with Crippen molar-refractivity contribution in [2.45, 2.75) is 154 Å². The molecule has 0 saturated carbocycles. The number of azide groups is 1. The SMILES string of the molecule is CCCCCCCCCCCCSCC(COP(=O)(O)OCC[N+](C)(C)C)OCCCCCCCCOC(=O)CC(=O)OC[C@H]1O[C@@H](n2cc(C)c(=O)[nH]c2=O)C[C@@H]1N=[N+]=[N-]. The molecule has 0 bridgehead atoms. The predicted octanol–water partition coefficient (Wildman–Crippen LogP) is 7.51. The van der Waals surface area contributed by atoms with Crippen molar-refractivity contribution in [1.82, 2.24) is 9.55 Å². The Morgan fingerprint density at radius 3 is 2.20 bits per heavy atom. The van der Waals surface area contributed by atoms with Crippen LogP contribution in [0.1, 0.15) is 134 Å². The second-order valence-corrected chi connectivity index (χ2v) is 19.3. The molecule has 1 fully saturated rings. The number of aryl methyl sites for hydroxylation is 1. The number of aromatic amines is 1. The zero-order valence-corrected chi connectivity index (χ0v) is 39.0. The van der Waals surface area contributed by atoms with Crippen molar-refractivity contribution < 1.29 is 51.5 Å². The summed E-state index contributed by atoms with van der Waals surface area (Å²) in [7, 11) is 1.75. The quantitative estimate of drug-likeness (QED) is 0.00972. The molecule has 1 aromatic rings. The van der Waals surface area contributed by atoms with Gasteiger partial charge in [-0.1, -0.05) is 95.5 Å². The van der Waals surface area contributed by atoms with Gasteiger partial charge in [0, 0.05) is 35.5 Å². The van der Waals surface area contributed by atoms with Crippen LogP contribution >= 0.6 is 19.6 Å². The number of nitrogens with one attached hydrogen (secondary N) is 1. The molecule has 18 nitrogen and oxygen atoms in total. The number of thioether (sulfide) groups is 1. The van der Waals surface area contributed by atoms with Gasteiger partial charge in [-0.2, -0.15) is 11.8 Å². The van der Waals surface area contributed by atoms with Gasteiger partial charge >= 0.3 is 25.5 Å². The van der Waals surface area contributed by atoms with Crippen molar-refractivity contribution in [2.24, 2.45) is 5.11 Å². The molecule has 0 amide bonds. The van der Waals surface area contributed by atoms with Crippen molar-refractivity contribution in [3.8, 4) is 0 Å². The highest BCUT2D eigenvalue weighted by atomic mass is 32.2. The fraction of sp³-hybridized carbons (Fsp3) is 0.854. The topological polar surface area (TPSA) is 230 Å². The lowest BCUT2D eigenvalue weighted by Gasteiger charge is -2.24. The second-order valence-electron chi connectivity index (χ2n) is 16.7. The molecular formula is C41H74N6O12PS+. The summed E-state index contributed by atoms with van der Waals surface area (Å²) in [6.07, 6.45) is 16.8. The first-order valence-electron chi connectivity index (χ1n) is 22.1. The molecule has 350 valence electrons. The van der Waals surface area contributed by atoms with Crippen LogP contribution in [0.4, 0.5) is 0 Å². The van der Waals surface area contributed by atoms with E-state index < -0.39 is 55.8 Å². The number of phosphoric acid groups is 1. The highest BCUT2D eigenvalue weighted by Crippen LogP contribution is 2.43. The lowest BCUT2D eigenvalue weighted by atomic mass is 10.1. The summed E-state index contributed by atoms with van der Waals surface area (Å²) >= 11 is 1.79. The van der Waals surface area contributed by atoms with Crippen LogP contribution in [0.15, 0.2) is 20.9 Å². The molecule has 61 heavy (non-hydrogen) atoms. The molecule has 1 aliphatic heterocycles. The summed E-state index contributed by atoms with van der Waals surface area (Å²) in [6, 6.07) is -0.747. The van der Waals surface area contributed by atoms with E-state index in [1.54, 1.807) is 11.8 Å². The Hall–Kier alpha value is -2.73. The van der Waals surface area contributed by atoms with E-state index in [2.05, 4.69) is 21.9 Å². The highest BCUT2D eigenvalue weighted by Gasteiger charge is 2.37. The number of quaternary nitrogens is 1. The van der Waals surface area contributed by atoms with Crippen molar-refractivity contribution in [3.05, 3.63) is 43.0 Å². The van der Waals surface area contributed by atoms with Crippen LogP contribution in [0.2, 0.25) is 0 Å². The first-order valence-corrected chi connectivity index (χ1v) is 24.7. The smallest absolute Gasteiger partial charge is 0.465 e. The number of unbranched alkanes of at least 4 members (excludes halogenated alkanes) is 14. The number of carbonyl (C=O) groups is 2.